The Bertz CT molecular complexity index is 448. The number of carboxylic acids is 1. The van der Waals surface area contributed by atoms with Gasteiger partial charge in [-0.3, -0.25) is 9.59 Å². The number of nitrogens with two attached hydrogens (primary N) is 1. The summed E-state index contributed by atoms with van der Waals surface area (Å²) in [5.41, 5.74) is 4.94. The first-order chi connectivity index (χ1) is 11.9. The number of hydrogen-bond acceptors (Lipinski definition) is 4. The van der Waals surface area contributed by atoms with Crippen LogP contribution in [-0.2, 0) is 9.59 Å². The molecule has 0 aromatic carbocycles. The van der Waals surface area contributed by atoms with Crippen molar-refractivity contribution in [2.75, 3.05) is 5.75 Å². The summed E-state index contributed by atoms with van der Waals surface area (Å²) in [6, 6.07) is 0.440. The highest BCUT2D eigenvalue weighted by molar-refractivity contribution is 8.00. The van der Waals surface area contributed by atoms with Gasteiger partial charge in [0.15, 0.2) is 0 Å². The highest BCUT2D eigenvalue weighted by Gasteiger charge is 2.42. The predicted octanol–water partition coefficient (Wildman–Crippen LogP) is 2.24. The van der Waals surface area contributed by atoms with Gasteiger partial charge in [0.25, 0.3) is 0 Å². The minimum Gasteiger partial charge on any atom is -0.481 e. The van der Waals surface area contributed by atoms with Crippen molar-refractivity contribution in [1.29, 1.82) is 0 Å². The maximum Gasteiger partial charge on any atom is 0.315 e. The van der Waals surface area contributed by atoms with Crippen LogP contribution in [0.2, 0.25) is 0 Å². The van der Waals surface area contributed by atoms with E-state index in [1.54, 1.807) is 0 Å². The lowest BCUT2D eigenvalue weighted by Gasteiger charge is -2.16. The summed E-state index contributed by atoms with van der Waals surface area (Å²) in [6.07, 6.45) is 7.96. The third kappa shape index (κ3) is 9.00. The zero-order valence-electron chi connectivity index (χ0n) is 15.0. The third-order valence-corrected chi connectivity index (χ3v) is 5.85. The molecule has 2 saturated heterocycles. The van der Waals surface area contributed by atoms with Crippen LogP contribution in [0.4, 0.5) is 4.79 Å². The molecule has 0 aromatic rings. The average Bonchev–Trinajstić information content (AvgIpc) is 3.08. The van der Waals surface area contributed by atoms with Crippen molar-refractivity contribution in [1.82, 2.24) is 10.6 Å². The van der Waals surface area contributed by atoms with E-state index in [2.05, 4.69) is 17.6 Å². The number of carbonyl (C=O) groups excluding carboxylic acids is 2. The molecule has 3 atom stereocenters. The fraction of sp³-hybridized carbons (Fsp3) is 0.824. The molecule has 5 N–H and O–H groups in total. The number of thioether (sulfide) groups is 1. The van der Waals surface area contributed by atoms with Gasteiger partial charge in [-0.25, -0.2) is 4.79 Å². The Labute approximate surface area is 153 Å². The fourth-order valence-corrected chi connectivity index (χ4v) is 4.53. The van der Waals surface area contributed by atoms with Crippen LogP contribution < -0.4 is 16.4 Å². The number of unbranched alkanes of at least 4 members (excludes halogenated alkanes) is 4. The van der Waals surface area contributed by atoms with Gasteiger partial charge in [-0.1, -0.05) is 32.6 Å². The molecule has 7 nitrogen and oxygen atoms in total. The largest absolute Gasteiger partial charge is 0.481 e. The molecule has 3 amide bonds. The first-order valence-electron chi connectivity index (χ1n) is 9.12. The Morgan fingerprint density at radius 2 is 1.88 bits per heavy atom. The number of nitrogens with one attached hydrogen (secondary N) is 2. The predicted molar refractivity (Wildman–Crippen MR) is 99.5 cm³/mol. The van der Waals surface area contributed by atoms with E-state index in [-0.39, 0.29) is 30.4 Å². The second-order valence-electron chi connectivity index (χ2n) is 6.54. The van der Waals surface area contributed by atoms with Crippen molar-refractivity contribution in [3.63, 3.8) is 0 Å². The summed E-state index contributed by atoms with van der Waals surface area (Å²) in [7, 11) is 0. The summed E-state index contributed by atoms with van der Waals surface area (Å²) >= 11 is 1.87. The Kier molecular flexibility index (Phi) is 10.4. The van der Waals surface area contributed by atoms with Crippen molar-refractivity contribution in [3.05, 3.63) is 0 Å². The molecule has 25 heavy (non-hydrogen) atoms. The van der Waals surface area contributed by atoms with Crippen LogP contribution >= 0.6 is 11.8 Å². The number of hydrogen-bond donors (Lipinski definition) is 4. The van der Waals surface area contributed by atoms with Crippen LogP contribution in [0.3, 0.4) is 0 Å². The molecule has 8 heteroatoms. The van der Waals surface area contributed by atoms with Gasteiger partial charge in [0, 0.05) is 23.8 Å². The average molecular weight is 374 g/mol. The number of carbonyl (C=O) groups is 3. The van der Waals surface area contributed by atoms with E-state index in [9.17, 15) is 14.4 Å². The molecule has 2 aliphatic heterocycles. The van der Waals surface area contributed by atoms with Crippen LogP contribution in [0.5, 0.6) is 0 Å². The van der Waals surface area contributed by atoms with E-state index in [1.807, 2.05) is 11.8 Å². The van der Waals surface area contributed by atoms with Crippen molar-refractivity contribution in [2.45, 2.75) is 82.0 Å². The second kappa shape index (κ2) is 12.0. The summed E-state index contributed by atoms with van der Waals surface area (Å²) in [5.74, 6) is 0.0615. The standard InChI is InChI=1S/C10H16N2O3S.C7H15NO/c13-8(14)4-2-1-3-7-9-6(5-16-7)11-10(15)12-9;1-2-3-4-5-6-7(8)9/h6-7,9H,1-5H2,(H,13,14)(H2,11,12,15);2-6H2,1H3,(H2,8,9)/t6-,7-,9-;/m0./s1. The van der Waals surface area contributed by atoms with Crippen molar-refractivity contribution >= 4 is 29.7 Å². The number of carboxylic acid groups (broad SMARTS) is 1. The minimum atomic E-state index is -0.729. The number of amides is 3. The van der Waals surface area contributed by atoms with Gasteiger partial charge in [-0.15, -0.1) is 0 Å². The van der Waals surface area contributed by atoms with E-state index in [0.717, 1.165) is 37.9 Å². The molecule has 2 rings (SSSR count). The van der Waals surface area contributed by atoms with E-state index < -0.39 is 5.97 Å². The van der Waals surface area contributed by atoms with E-state index in [4.69, 9.17) is 10.8 Å². The lowest BCUT2D eigenvalue weighted by Crippen LogP contribution is -2.36. The summed E-state index contributed by atoms with van der Waals surface area (Å²) in [4.78, 5) is 31.6. The molecule has 0 aromatic heterocycles. The molecule has 0 spiro atoms. The van der Waals surface area contributed by atoms with Crippen LogP contribution in [0.25, 0.3) is 0 Å². The third-order valence-electron chi connectivity index (χ3n) is 4.34. The minimum absolute atomic E-state index is 0.0640. The molecule has 2 fully saturated rings. The smallest absolute Gasteiger partial charge is 0.315 e. The molecule has 0 unspecified atom stereocenters. The van der Waals surface area contributed by atoms with Gasteiger partial charge in [0.05, 0.1) is 12.1 Å². The molecule has 0 aliphatic carbocycles. The molecule has 144 valence electrons. The number of primary amides is 1. The summed E-state index contributed by atoms with van der Waals surface area (Å²) in [6.45, 7) is 2.14. The Morgan fingerprint density at radius 1 is 1.16 bits per heavy atom. The molecular formula is C17H31N3O4S. The quantitative estimate of drug-likeness (QED) is 0.346. The van der Waals surface area contributed by atoms with Gasteiger partial charge in [0.1, 0.15) is 0 Å². The van der Waals surface area contributed by atoms with Crippen molar-refractivity contribution in [2.24, 2.45) is 5.73 Å². The number of rotatable bonds is 10. The molecule has 2 heterocycles. The van der Waals surface area contributed by atoms with Gasteiger partial charge >= 0.3 is 12.0 Å². The van der Waals surface area contributed by atoms with E-state index in [0.29, 0.717) is 11.7 Å². The fourth-order valence-electron chi connectivity index (χ4n) is 2.99. The molecule has 2 aliphatic rings. The van der Waals surface area contributed by atoms with E-state index >= 15 is 0 Å². The van der Waals surface area contributed by atoms with Crippen LogP contribution in [0.15, 0.2) is 0 Å². The highest BCUT2D eigenvalue weighted by atomic mass is 32.2. The first-order valence-corrected chi connectivity index (χ1v) is 10.2. The summed E-state index contributed by atoms with van der Waals surface area (Å²) in [5, 5.41) is 14.8. The Balaban J connectivity index is 0.000000299. The lowest BCUT2D eigenvalue weighted by atomic mass is 10.0. The second-order valence-corrected chi connectivity index (χ2v) is 7.81. The summed E-state index contributed by atoms with van der Waals surface area (Å²) < 4.78 is 0. The van der Waals surface area contributed by atoms with Gasteiger partial charge < -0.3 is 21.5 Å². The monoisotopic (exact) mass is 373 g/mol. The Morgan fingerprint density at radius 3 is 2.52 bits per heavy atom. The SMILES string of the molecule is CCCCCCC(N)=O.O=C(O)CCCC[C@@H]1SC[C@@H]2NC(=O)N[C@@H]21. The van der Waals surface area contributed by atoms with Crippen LogP contribution in [-0.4, -0.2) is 46.1 Å². The number of aliphatic carboxylic acids is 1. The van der Waals surface area contributed by atoms with Crippen LogP contribution in [0, 0.1) is 0 Å². The van der Waals surface area contributed by atoms with Crippen molar-refractivity contribution < 1.29 is 19.5 Å². The normalized spacial score (nSPS) is 23.9. The number of urea groups is 1. The molecule has 0 bridgehead atoms. The van der Waals surface area contributed by atoms with Crippen molar-refractivity contribution in [3.8, 4) is 0 Å². The first kappa shape index (κ1) is 21.6. The zero-order valence-corrected chi connectivity index (χ0v) is 15.8. The van der Waals surface area contributed by atoms with E-state index in [1.165, 1.54) is 12.8 Å². The molecule has 0 radical (unpaired) electrons. The van der Waals surface area contributed by atoms with Crippen LogP contribution in [0.1, 0.15) is 64.7 Å². The topological polar surface area (TPSA) is 122 Å². The van der Waals surface area contributed by atoms with Gasteiger partial charge in [-0.05, 0) is 19.3 Å². The van der Waals surface area contributed by atoms with Gasteiger partial charge in [-0.2, -0.15) is 11.8 Å². The lowest BCUT2D eigenvalue weighted by molar-refractivity contribution is -0.137. The zero-order chi connectivity index (χ0) is 18.7. The van der Waals surface area contributed by atoms with Gasteiger partial charge in [0.2, 0.25) is 5.91 Å². The molecule has 0 saturated carbocycles. The Hall–Kier alpha value is -1.44. The maximum atomic E-state index is 11.1. The maximum absolute atomic E-state index is 11.1. The molecular weight excluding hydrogens is 342 g/mol. The highest BCUT2D eigenvalue weighted by Crippen LogP contribution is 2.33. The number of fused-ring (bicyclic) bond motifs is 1.